The maximum absolute atomic E-state index is 13.9. The first-order valence-corrected chi connectivity index (χ1v) is 6.52. The maximum atomic E-state index is 13.9. The van der Waals surface area contributed by atoms with Gasteiger partial charge in [-0.15, -0.1) is 0 Å². The number of rotatable bonds is 5. The molecule has 0 aromatic heterocycles. The van der Waals surface area contributed by atoms with Crippen molar-refractivity contribution in [3.05, 3.63) is 35.9 Å². The molecule has 1 saturated heterocycles. The van der Waals surface area contributed by atoms with Crippen LogP contribution in [0.15, 0.2) is 30.3 Å². The Kier molecular flexibility index (Phi) is 4.85. The van der Waals surface area contributed by atoms with Gasteiger partial charge < -0.3 is 15.0 Å². The van der Waals surface area contributed by atoms with Crippen LogP contribution in [-0.2, 0) is 10.7 Å². The van der Waals surface area contributed by atoms with Gasteiger partial charge in [-0.2, -0.15) is 8.78 Å². The molecule has 1 heterocycles. The van der Waals surface area contributed by atoms with Crippen molar-refractivity contribution in [2.24, 2.45) is 0 Å². The predicted octanol–water partition coefficient (Wildman–Crippen LogP) is 1.70. The maximum Gasteiger partial charge on any atom is 0.285 e. The van der Waals surface area contributed by atoms with Crippen molar-refractivity contribution in [2.45, 2.75) is 12.0 Å². The molecule has 1 fully saturated rings. The van der Waals surface area contributed by atoms with E-state index >= 15 is 0 Å². The van der Waals surface area contributed by atoms with Crippen LogP contribution in [0.5, 0.6) is 0 Å². The zero-order chi connectivity index (χ0) is 13.7. The summed E-state index contributed by atoms with van der Waals surface area (Å²) in [4.78, 5) is 2.14. The van der Waals surface area contributed by atoms with Crippen molar-refractivity contribution in [2.75, 3.05) is 39.8 Å². The van der Waals surface area contributed by atoms with Crippen molar-refractivity contribution in [3.8, 4) is 0 Å². The Morgan fingerprint density at radius 3 is 2.79 bits per heavy atom. The first-order chi connectivity index (χ1) is 9.08. The molecule has 1 N–H and O–H groups in total. The lowest BCUT2D eigenvalue weighted by Crippen LogP contribution is -2.46. The van der Waals surface area contributed by atoms with Gasteiger partial charge in [0.2, 0.25) is 0 Å². The predicted molar refractivity (Wildman–Crippen MR) is 70.4 cm³/mol. The van der Waals surface area contributed by atoms with E-state index in [0.717, 1.165) is 13.1 Å². The fourth-order valence-electron chi connectivity index (χ4n) is 2.16. The Morgan fingerprint density at radius 1 is 1.37 bits per heavy atom. The number of alkyl halides is 2. The van der Waals surface area contributed by atoms with Crippen molar-refractivity contribution in [3.63, 3.8) is 0 Å². The number of ether oxygens (including phenoxy) is 1. The number of halogens is 2. The molecule has 0 aliphatic carbocycles. The van der Waals surface area contributed by atoms with Gasteiger partial charge in [-0.1, -0.05) is 30.3 Å². The van der Waals surface area contributed by atoms with Crippen molar-refractivity contribution in [1.82, 2.24) is 10.2 Å². The van der Waals surface area contributed by atoms with Crippen LogP contribution in [0, 0.1) is 0 Å². The molecule has 106 valence electrons. The smallest absolute Gasteiger partial charge is 0.285 e. The summed E-state index contributed by atoms with van der Waals surface area (Å²) < 4.78 is 33.3. The Labute approximate surface area is 112 Å². The average molecular weight is 270 g/mol. The van der Waals surface area contributed by atoms with E-state index in [1.54, 1.807) is 18.2 Å². The molecule has 1 aliphatic rings. The van der Waals surface area contributed by atoms with Gasteiger partial charge in [-0.05, 0) is 7.05 Å². The SMILES string of the molecule is CN1CCOC(CNCC(F)(F)c2ccccc2)C1. The lowest BCUT2D eigenvalue weighted by Gasteiger charge is -2.30. The van der Waals surface area contributed by atoms with Crippen LogP contribution < -0.4 is 5.32 Å². The molecule has 1 unspecified atom stereocenters. The van der Waals surface area contributed by atoms with Gasteiger partial charge in [0.1, 0.15) is 0 Å². The molecule has 1 aromatic carbocycles. The summed E-state index contributed by atoms with van der Waals surface area (Å²) in [7, 11) is 2.01. The second-order valence-electron chi connectivity index (χ2n) is 4.96. The summed E-state index contributed by atoms with van der Waals surface area (Å²) in [5.74, 6) is -2.85. The molecule has 3 nitrogen and oxygen atoms in total. The number of morpholine rings is 1. The molecule has 1 atom stereocenters. The van der Waals surface area contributed by atoms with E-state index in [1.165, 1.54) is 12.1 Å². The lowest BCUT2D eigenvalue weighted by molar-refractivity contribution is -0.0310. The third kappa shape index (κ3) is 4.23. The average Bonchev–Trinajstić information content (AvgIpc) is 2.40. The normalized spacial score (nSPS) is 21.5. The van der Waals surface area contributed by atoms with Crippen LogP contribution in [-0.4, -0.2) is 50.8 Å². The molecule has 0 radical (unpaired) electrons. The fraction of sp³-hybridized carbons (Fsp3) is 0.571. The lowest BCUT2D eigenvalue weighted by atomic mass is 10.1. The molecular weight excluding hydrogens is 250 g/mol. The highest BCUT2D eigenvalue weighted by Gasteiger charge is 2.31. The van der Waals surface area contributed by atoms with E-state index < -0.39 is 5.92 Å². The summed E-state index contributed by atoms with van der Waals surface area (Å²) in [5, 5.41) is 2.81. The van der Waals surface area contributed by atoms with E-state index in [2.05, 4.69) is 10.2 Å². The topological polar surface area (TPSA) is 24.5 Å². The summed E-state index contributed by atoms with van der Waals surface area (Å²) in [6.07, 6.45) is -0.00896. The highest BCUT2D eigenvalue weighted by atomic mass is 19.3. The van der Waals surface area contributed by atoms with Crippen LogP contribution in [0.1, 0.15) is 5.56 Å². The van der Waals surface area contributed by atoms with Gasteiger partial charge in [-0.25, -0.2) is 0 Å². The Balaban J connectivity index is 1.78. The summed E-state index contributed by atoms with van der Waals surface area (Å²) >= 11 is 0. The van der Waals surface area contributed by atoms with E-state index in [1.807, 2.05) is 7.05 Å². The zero-order valence-electron chi connectivity index (χ0n) is 11.1. The van der Waals surface area contributed by atoms with Gasteiger partial charge in [0.25, 0.3) is 5.92 Å². The van der Waals surface area contributed by atoms with E-state index in [0.29, 0.717) is 13.2 Å². The number of hydrogen-bond donors (Lipinski definition) is 1. The Hall–Kier alpha value is -1.04. The molecule has 0 bridgehead atoms. The van der Waals surface area contributed by atoms with Crippen LogP contribution >= 0.6 is 0 Å². The van der Waals surface area contributed by atoms with Crippen LogP contribution in [0.4, 0.5) is 8.78 Å². The third-order valence-corrected chi connectivity index (χ3v) is 3.26. The highest BCUT2D eigenvalue weighted by Crippen LogP contribution is 2.26. The number of likely N-dealkylation sites (N-methyl/N-ethyl adjacent to an activating group) is 1. The largest absolute Gasteiger partial charge is 0.374 e. The zero-order valence-corrected chi connectivity index (χ0v) is 11.1. The second-order valence-corrected chi connectivity index (χ2v) is 4.96. The fourth-order valence-corrected chi connectivity index (χ4v) is 2.16. The first kappa shape index (κ1) is 14.4. The number of nitrogens with one attached hydrogen (secondary N) is 1. The second kappa shape index (κ2) is 6.41. The minimum Gasteiger partial charge on any atom is -0.374 e. The molecular formula is C14H20F2N2O. The van der Waals surface area contributed by atoms with Crippen molar-refractivity contribution < 1.29 is 13.5 Å². The quantitative estimate of drug-likeness (QED) is 0.881. The molecule has 2 rings (SSSR count). The van der Waals surface area contributed by atoms with Crippen molar-refractivity contribution >= 4 is 0 Å². The van der Waals surface area contributed by atoms with E-state index in [-0.39, 0.29) is 18.2 Å². The number of nitrogens with zero attached hydrogens (tertiary/aromatic N) is 1. The van der Waals surface area contributed by atoms with E-state index in [9.17, 15) is 8.78 Å². The molecule has 5 heteroatoms. The Bertz CT molecular complexity index is 386. The van der Waals surface area contributed by atoms with Crippen molar-refractivity contribution in [1.29, 1.82) is 0 Å². The molecule has 0 saturated carbocycles. The van der Waals surface area contributed by atoms with Gasteiger partial charge >= 0.3 is 0 Å². The molecule has 0 amide bonds. The summed E-state index contributed by atoms with van der Waals surface area (Å²) in [6.45, 7) is 2.44. The summed E-state index contributed by atoms with van der Waals surface area (Å²) in [6, 6.07) is 7.89. The summed E-state index contributed by atoms with van der Waals surface area (Å²) in [5.41, 5.74) is 0.0455. The minimum absolute atomic E-state index is 0.00896. The van der Waals surface area contributed by atoms with Crippen LogP contribution in [0.25, 0.3) is 0 Å². The van der Waals surface area contributed by atoms with Gasteiger partial charge in [0, 0.05) is 25.2 Å². The molecule has 1 aromatic rings. The highest BCUT2D eigenvalue weighted by molar-refractivity contribution is 5.20. The molecule has 19 heavy (non-hydrogen) atoms. The minimum atomic E-state index is -2.85. The standard InChI is InChI=1S/C14H20F2N2O/c1-18-7-8-19-13(10-18)9-17-11-14(15,16)12-5-3-2-4-6-12/h2-6,13,17H,7-11H2,1H3. The monoisotopic (exact) mass is 270 g/mol. The van der Waals surface area contributed by atoms with Gasteiger partial charge in [-0.3, -0.25) is 0 Å². The molecule has 0 spiro atoms. The van der Waals surface area contributed by atoms with Gasteiger partial charge in [0.05, 0.1) is 19.3 Å². The van der Waals surface area contributed by atoms with Crippen LogP contribution in [0.3, 0.4) is 0 Å². The number of benzene rings is 1. The van der Waals surface area contributed by atoms with Gasteiger partial charge in [0.15, 0.2) is 0 Å². The Morgan fingerprint density at radius 2 is 2.11 bits per heavy atom. The molecule has 1 aliphatic heterocycles. The number of hydrogen-bond acceptors (Lipinski definition) is 3. The van der Waals surface area contributed by atoms with Crippen LogP contribution in [0.2, 0.25) is 0 Å². The first-order valence-electron chi connectivity index (χ1n) is 6.52. The van der Waals surface area contributed by atoms with E-state index in [4.69, 9.17) is 4.74 Å². The third-order valence-electron chi connectivity index (χ3n) is 3.26.